The Kier molecular flexibility index (Phi) is 6.25. The topological polar surface area (TPSA) is 75.0 Å². The number of nitrogens with one attached hydrogen (secondary N) is 2. The molecule has 0 radical (unpaired) electrons. The molecule has 1 fully saturated rings. The number of carbonyl (C=O) groups is 2. The maximum Gasteiger partial charge on any atom is 0.407 e. The van der Waals surface area contributed by atoms with Crippen molar-refractivity contribution >= 4 is 28.9 Å². The zero-order valence-corrected chi connectivity index (χ0v) is 17.6. The maximum absolute atomic E-state index is 13.2. The van der Waals surface area contributed by atoms with E-state index in [1.54, 1.807) is 38.2 Å². The van der Waals surface area contributed by atoms with Gasteiger partial charge in [0.2, 0.25) is 5.91 Å². The highest BCUT2D eigenvalue weighted by Crippen LogP contribution is 2.41. The third-order valence-corrected chi connectivity index (χ3v) is 5.14. The van der Waals surface area contributed by atoms with Crippen LogP contribution in [0, 0.1) is 6.57 Å². The summed E-state index contributed by atoms with van der Waals surface area (Å²) in [6.45, 7) is 9.87. The molecule has 0 spiro atoms. The first-order valence-corrected chi connectivity index (χ1v) is 9.62. The second-order valence-electron chi connectivity index (χ2n) is 7.69. The summed E-state index contributed by atoms with van der Waals surface area (Å²) in [4.78, 5) is 32.7. The van der Waals surface area contributed by atoms with Gasteiger partial charge in [-0.3, -0.25) is 14.4 Å². The molecule has 1 aliphatic heterocycles. The zero-order valence-electron chi connectivity index (χ0n) is 17.6. The molecule has 1 aliphatic rings. The summed E-state index contributed by atoms with van der Waals surface area (Å²) in [5.41, 5.74) is -1.58. The number of hydroxylamine groups is 2. The van der Waals surface area contributed by atoms with Crippen LogP contribution in [-0.2, 0) is 20.6 Å². The van der Waals surface area contributed by atoms with Gasteiger partial charge in [-0.1, -0.05) is 18.2 Å². The first-order valence-electron chi connectivity index (χ1n) is 9.62. The van der Waals surface area contributed by atoms with Crippen LogP contribution in [0.15, 0.2) is 42.5 Å². The van der Waals surface area contributed by atoms with Gasteiger partial charge in [-0.25, -0.2) is 4.85 Å². The number of amides is 2. The van der Waals surface area contributed by atoms with Crippen LogP contribution in [0.3, 0.4) is 0 Å². The Labute approximate surface area is 182 Å². The van der Waals surface area contributed by atoms with Gasteiger partial charge in [0.1, 0.15) is 0 Å². The molecule has 1 heterocycles. The van der Waals surface area contributed by atoms with E-state index < -0.39 is 28.9 Å². The predicted molar refractivity (Wildman–Crippen MR) is 112 cm³/mol. The normalized spacial score (nSPS) is 21.1. The monoisotopic (exact) mass is 446 g/mol. The molecular weight excluding hydrogens is 425 g/mol. The summed E-state index contributed by atoms with van der Waals surface area (Å²) in [6, 6.07) is 9.81. The molecule has 2 unspecified atom stereocenters. The highest BCUT2D eigenvalue weighted by Gasteiger charge is 2.47. The molecule has 1 saturated heterocycles. The molecule has 7 nitrogen and oxygen atoms in total. The molecule has 0 aromatic heterocycles. The lowest BCUT2D eigenvalue weighted by Gasteiger charge is -2.22. The van der Waals surface area contributed by atoms with Gasteiger partial charge in [0.15, 0.2) is 11.3 Å². The molecule has 32 heavy (non-hydrogen) atoms. The van der Waals surface area contributed by atoms with E-state index in [-0.39, 0.29) is 24.1 Å². The fourth-order valence-electron chi connectivity index (χ4n) is 3.57. The second kappa shape index (κ2) is 8.61. The van der Waals surface area contributed by atoms with Gasteiger partial charge < -0.3 is 10.6 Å². The quantitative estimate of drug-likeness (QED) is 0.654. The van der Waals surface area contributed by atoms with Crippen molar-refractivity contribution in [3.63, 3.8) is 0 Å². The number of carbonyl (C=O) groups excluding carboxylic acids is 2. The van der Waals surface area contributed by atoms with Crippen LogP contribution in [0.5, 0.6) is 0 Å². The molecule has 168 valence electrons. The summed E-state index contributed by atoms with van der Waals surface area (Å²) >= 11 is 0. The molecule has 2 aromatic carbocycles. The summed E-state index contributed by atoms with van der Waals surface area (Å²) in [5, 5.41) is 6.67. The van der Waals surface area contributed by atoms with Crippen LogP contribution in [0.1, 0.15) is 37.4 Å². The highest BCUT2D eigenvalue weighted by molar-refractivity contribution is 5.97. The van der Waals surface area contributed by atoms with Crippen molar-refractivity contribution in [3.8, 4) is 0 Å². The minimum Gasteiger partial charge on any atom is -0.326 e. The van der Waals surface area contributed by atoms with Gasteiger partial charge in [0, 0.05) is 31.8 Å². The minimum atomic E-state index is -4.72. The summed E-state index contributed by atoms with van der Waals surface area (Å²) in [7, 11) is 1.66. The van der Waals surface area contributed by atoms with E-state index in [1.807, 2.05) is 0 Å². The third kappa shape index (κ3) is 4.90. The van der Waals surface area contributed by atoms with Crippen LogP contribution < -0.4 is 10.6 Å². The predicted octanol–water partition coefficient (Wildman–Crippen LogP) is 4.92. The van der Waals surface area contributed by atoms with Crippen molar-refractivity contribution in [3.05, 3.63) is 65.0 Å². The fraction of sp³-hybridized carbons (Fsp3) is 0.318. The Hall–Kier alpha value is -3.42. The third-order valence-electron chi connectivity index (χ3n) is 5.14. The highest BCUT2D eigenvalue weighted by atomic mass is 19.4. The van der Waals surface area contributed by atoms with Gasteiger partial charge in [-0.15, -0.1) is 0 Å². The van der Waals surface area contributed by atoms with Crippen molar-refractivity contribution in [2.24, 2.45) is 0 Å². The summed E-state index contributed by atoms with van der Waals surface area (Å²) in [6.07, 6.45) is -4.47. The number of hydrogen-bond acceptors (Lipinski definition) is 4. The molecular formula is C22H21F3N4O3. The number of alkyl halides is 3. The average molecular weight is 446 g/mol. The van der Waals surface area contributed by atoms with Gasteiger partial charge >= 0.3 is 6.18 Å². The Morgan fingerprint density at radius 3 is 2.34 bits per heavy atom. The van der Waals surface area contributed by atoms with Gasteiger partial charge in [0.05, 0.1) is 18.2 Å². The number of halogens is 3. The van der Waals surface area contributed by atoms with Crippen LogP contribution >= 0.6 is 0 Å². The summed E-state index contributed by atoms with van der Waals surface area (Å²) < 4.78 is 39.6. The van der Waals surface area contributed by atoms with Crippen molar-refractivity contribution in [1.82, 2.24) is 5.06 Å². The second-order valence-corrected chi connectivity index (χ2v) is 7.69. The minimum absolute atomic E-state index is 0.0784. The molecule has 2 N–H and O–H groups in total. The zero-order chi connectivity index (χ0) is 23.7. The van der Waals surface area contributed by atoms with Crippen molar-refractivity contribution in [2.75, 3.05) is 17.7 Å². The van der Waals surface area contributed by atoms with Crippen LogP contribution in [0.2, 0.25) is 0 Å². The van der Waals surface area contributed by atoms with Crippen LogP contribution in [-0.4, -0.2) is 29.5 Å². The van der Waals surface area contributed by atoms with E-state index >= 15 is 0 Å². The van der Waals surface area contributed by atoms with Gasteiger partial charge in [-0.2, -0.15) is 18.2 Å². The Morgan fingerprint density at radius 1 is 1.16 bits per heavy atom. The fourth-order valence-corrected chi connectivity index (χ4v) is 3.57. The maximum atomic E-state index is 13.2. The van der Waals surface area contributed by atoms with E-state index in [4.69, 9.17) is 11.4 Å². The lowest BCUT2D eigenvalue weighted by molar-refractivity contribution is -0.188. The molecule has 0 bridgehead atoms. The number of hydrogen-bond donors (Lipinski definition) is 2. The smallest absolute Gasteiger partial charge is 0.326 e. The molecule has 2 aromatic rings. The Balaban J connectivity index is 1.77. The first-order chi connectivity index (χ1) is 14.9. The van der Waals surface area contributed by atoms with E-state index in [9.17, 15) is 22.8 Å². The number of benzene rings is 2. The Morgan fingerprint density at radius 2 is 1.78 bits per heavy atom. The molecule has 0 saturated carbocycles. The van der Waals surface area contributed by atoms with E-state index in [0.29, 0.717) is 5.69 Å². The Bertz CT molecular complexity index is 1080. The standard InChI is InChI=1S/C22H21F3N4O3/c1-13(30)27-15-7-5-14(6-8-15)19-12-21(2,32-29(19)4)20(31)28-16-9-10-18(26-3)17(11-16)22(23,24)25/h5-11,19H,12H2,1-2,4H3,(H,27,30)(H,28,31). The van der Waals surface area contributed by atoms with Crippen molar-refractivity contribution < 1.29 is 27.6 Å². The van der Waals surface area contributed by atoms with Gasteiger partial charge in [-0.05, 0) is 36.8 Å². The molecule has 2 atom stereocenters. The van der Waals surface area contributed by atoms with E-state index in [0.717, 1.165) is 17.7 Å². The molecule has 3 rings (SSSR count). The van der Waals surface area contributed by atoms with Gasteiger partial charge in [0.25, 0.3) is 5.91 Å². The van der Waals surface area contributed by atoms with E-state index in [1.165, 1.54) is 18.1 Å². The molecule has 0 aliphatic carbocycles. The van der Waals surface area contributed by atoms with Crippen molar-refractivity contribution in [1.29, 1.82) is 0 Å². The largest absolute Gasteiger partial charge is 0.407 e. The average Bonchev–Trinajstić information content (AvgIpc) is 3.03. The molecule has 2 amide bonds. The lowest BCUT2D eigenvalue weighted by Crippen LogP contribution is -2.40. The number of nitrogens with zero attached hydrogens (tertiary/aromatic N) is 2. The number of anilines is 2. The van der Waals surface area contributed by atoms with E-state index in [2.05, 4.69) is 15.5 Å². The number of rotatable bonds is 4. The first kappa shape index (κ1) is 23.2. The van der Waals surface area contributed by atoms with Crippen molar-refractivity contribution in [2.45, 2.75) is 38.1 Å². The van der Waals surface area contributed by atoms with Crippen LogP contribution in [0.4, 0.5) is 30.2 Å². The van der Waals surface area contributed by atoms with Crippen LogP contribution in [0.25, 0.3) is 4.85 Å². The SMILES string of the molecule is [C-]#[N+]c1ccc(NC(=O)C2(C)CC(c3ccc(NC(C)=O)cc3)N(C)O2)cc1C(F)(F)F. The lowest BCUT2D eigenvalue weighted by atomic mass is 9.93. The summed E-state index contributed by atoms with van der Waals surface area (Å²) in [5.74, 6) is -0.799. The molecule has 10 heteroatoms.